The lowest BCUT2D eigenvalue weighted by Gasteiger charge is -2.12. The zero-order valence-corrected chi connectivity index (χ0v) is 13.3. The predicted molar refractivity (Wildman–Crippen MR) is 88.9 cm³/mol. The number of aromatic nitrogens is 1. The summed E-state index contributed by atoms with van der Waals surface area (Å²) in [6.07, 6.45) is 1.80. The summed E-state index contributed by atoms with van der Waals surface area (Å²) in [7, 11) is 0. The zero-order valence-electron chi connectivity index (χ0n) is 12.4. The molecule has 2 aromatic rings. The Hall–Kier alpha value is -2.07. The van der Waals surface area contributed by atoms with Gasteiger partial charge in [-0.1, -0.05) is 17.7 Å². The van der Waals surface area contributed by atoms with Gasteiger partial charge < -0.3 is 11.1 Å². The van der Waals surface area contributed by atoms with E-state index in [1.54, 1.807) is 18.3 Å². The molecule has 4 nitrogen and oxygen atoms in total. The number of nitrogens with one attached hydrogen (secondary N) is 1. The van der Waals surface area contributed by atoms with Gasteiger partial charge in [0.2, 0.25) is 5.91 Å². The molecule has 0 aliphatic carbocycles. The number of carbonyl (C=O) groups excluding carboxylic acids is 1. The van der Waals surface area contributed by atoms with Gasteiger partial charge in [0.1, 0.15) is 0 Å². The van der Waals surface area contributed by atoms with Crippen LogP contribution in [0.15, 0.2) is 30.5 Å². The molecule has 0 saturated carbocycles. The Labute approximate surface area is 131 Å². The highest BCUT2D eigenvalue weighted by Crippen LogP contribution is 2.22. The van der Waals surface area contributed by atoms with Crippen LogP contribution in [0.4, 0.5) is 11.4 Å². The van der Waals surface area contributed by atoms with E-state index in [4.69, 9.17) is 5.73 Å². The Bertz CT molecular complexity index is 615. The largest absolute Gasteiger partial charge is 0.397 e. The lowest BCUT2D eigenvalue weighted by molar-refractivity contribution is -0.115. The van der Waals surface area contributed by atoms with Crippen LogP contribution < -0.4 is 11.1 Å². The lowest BCUT2D eigenvalue weighted by atomic mass is 10.0. The van der Waals surface area contributed by atoms with Crippen molar-refractivity contribution in [1.29, 1.82) is 0 Å². The van der Waals surface area contributed by atoms with E-state index in [-0.39, 0.29) is 24.7 Å². The molecule has 5 heteroatoms. The molecule has 0 spiro atoms. The van der Waals surface area contributed by atoms with Crippen molar-refractivity contribution in [3.05, 3.63) is 52.8 Å². The van der Waals surface area contributed by atoms with Crippen LogP contribution in [-0.4, -0.2) is 10.9 Å². The van der Waals surface area contributed by atoms with Crippen molar-refractivity contribution in [3.8, 4) is 0 Å². The second kappa shape index (κ2) is 7.09. The zero-order chi connectivity index (χ0) is 14.7. The van der Waals surface area contributed by atoms with E-state index >= 15 is 0 Å². The molecule has 0 aliphatic heterocycles. The van der Waals surface area contributed by atoms with E-state index in [1.807, 2.05) is 20.8 Å². The number of aryl methyl sites for hydroxylation is 3. The highest BCUT2D eigenvalue weighted by atomic mass is 35.5. The van der Waals surface area contributed by atoms with Gasteiger partial charge in [-0.05, 0) is 44.0 Å². The summed E-state index contributed by atoms with van der Waals surface area (Å²) in [5.41, 5.74) is 11.1. The summed E-state index contributed by atoms with van der Waals surface area (Å²) >= 11 is 0. The molecule has 112 valence electrons. The molecule has 1 aromatic carbocycles. The second-order valence-corrected chi connectivity index (χ2v) is 5.08. The van der Waals surface area contributed by atoms with Gasteiger partial charge in [-0.3, -0.25) is 9.78 Å². The Morgan fingerprint density at radius 3 is 2.33 bits per heavy atom. The highest BCUT2D eigenvalue weighted by Gasteiger charge is 2.09. The van der Waals surface area contributed by atoms with Crippen LogP contribution in [0.1, 0.15) is 22.4 Å². The summed E-state index contributed by atoms with van der Waals surface area (Å²) < 4.78 is 0. The van der Waals surface area contributed by atoms with Gasteiger partial charge in [0.15, 0.2) is 0 Å². The Morgan fingerprint density at radius 2 is 1.81 bits per heavy atom. The molecule has 2 rings (SSSR count). The molecule has 0 radical (unpaired) electrons. The summed E-state index contributed by atoms with van der Waals surface area (Å²) in [6.45, 7) is 6.04. The van der Waals surface area contributed by atoms with Crippen LogP contribution in [0, 0.1) is 20.8 Å². The van der Waals surface area contributed by atoms with E-state index in [0.29, 0.717) is 11.4 Å². The number of nitrogens with two attached hydrogens (primary N) is 1. The molecule has 0 unspecified atom stereocenters. The normalized spacial score (nSPS) is 9.86. The number of halogens is 1. The van der Waals surface area contributed by atoms with Crippen molar-refractivity contribution in [3.63, 3.8) is 0 Å². The van der Waals surface area contributed by atoms with Crippen molar-refractivity contribution >= 4 is 29.7 Å². The SMILES string of the molecule is Cc1cc(C)c(NC(=O)Cc2ccc(N)cn2)c(C)c1.Cl. The summed E-state index contributed by atoms with van der Waals surface area (Å²) in [4.78, 5) is 16.2. The third-order valence-electron chi connectivity index (χ3n) is 3.13. The van der Waals surface area contributed by atoms with Crippen molar-refractivity contribution in [2.45, 2.75) is 27.2 Å². The van der Waals surface area contributed by atoms with Crippen molar-refractivity contribution in [2.24, 2.45) is 0 Å². The number of nitrogen functional groups attached to an aromatic ring is 1. The fourth-order valence-electron chi connectivity index (χ4n) is 2.27. The molecule has 3 N–H and O–H groups in total. The third-order valence-corrected chi connectivity index (χ3v) is 3.13. The van der Waals surface area contributed by atoms with Gasteiger partial charge in [0.25, 0.3) is 0 Å². The van der Waals surface area contributed by atoms with Crippen molar-refractivity contribution in [1.82, 2.24) is 4.98 Å². The fraction of sp³-hybridized carbons (Fsp3) is 0.250. The fourth-order valence-corrected chi connectivity index (χ4v) is 2.27. The summed E-state index contributed by atoms with van der Waals surface area (Å²) in [5, 5.41) is 2.96. The van der Waals surface area contributed by atoms with Crippen LogP contribution in [-0.2, 0) is 11.2 Å². The number of nitrogens with zero attached hydrogens (tertiary/aromatic N) is 1. The topological polar surface area (TPSA) is 68.0 Å². The Kier molecular flexibility index (Phi) is 5.73. The molecule has 0 bridgehead atoms. The van der Waals surface area contributed by atoms with E-state index in [2.05, 4.69) is 22.4 Å². The van der Waals surface area contributed by atoms with Crippen molar-refractivity contribution in [2.75, 3.05) is 11.1 Å². The van der Waals surface area contributed by atoms with Crippen LogP contribution in [0.2, 0.25) is 0 Å². The third kappa shape index (κ3) is 4.46. The first-order valence-electron chi connectivity index (χ1n) is 6.54. The molecule has 0 saturated heterocycles. The molecule has 0 atom stereocenters. The molecule has 1 aromatic heterocycles. The Balaban J connectivity index is 0.00000220. The highest BCUT2D eigenvalue weighted by molar-refractivity contribution is 5.93. The molecule has 1 heterocycles. The van der Waals surface area contributed by atoms with E-state index in [1.165, 1.54) is 5.56 Å². The first-order chi connectivity index (χ1) is 9.45. The van der Waals surface area contributed by atoms with E-state index in [9.17, 15) is 4.79 Å². The molecule has 0 fully saturated rings. The van der Waals surface area contributed by atoms with Crippen LogP contribution in [0.25, 0.3) is 0 Å². The minimum absolute atomic E-state index is 0. The van der Waals surface area contributed by atoms with E-state index < -0.39 is 0 Å². The number of rotatable bonds is 3. The number of benzene rings is 1. The van der Waals surface area contributed by atoms with Crippen LogP contribution in [0.5, 0.6) is 0 Å². The van der Waals surface area contributed by atoms with Gasteiger partial charge in [-0.15, -0.1) is 12.4 Å². The maximum Gasteiger partial charge on any atom is 0.230 e. The first-order valence-corrected chi connectivity index (χ1v) is 6.54. The predicted octanol–water partition coefficient (Wildman–Crippen LogP) is 3.19. The number of hydrogen-bond donors (Lipinski definition) is 2. The number of hydrogen-bond acceptors (Lipinski definition) is 3. The molecule has 1 amide bonds. The van der Waals surface area contributed by atoms with Crippen LogP contribution in [0.3, 0.4) is 0 Å². The van der Waals surface area contributed by atoms with Crippen molar-refractivity contribution < 1.29 is 4.79 Å². The number of anilines is 2. The van der Waals surface area contributed by atoms with Gasteiger partial charge in [0.05, 0.1) is 18.3 Å². The van der Waals surface area contributed by atoms with Gasteiger partial charge >= 0.3 is 0 Å². The number of pyridine rings is 1. The lowest BCUT2D eigenvalue weighted by Crippen LogP contribution is -2.16. The Morgan fingerprint density at radius 1 is 1.19 bits per heavy atom. The minimum Gasteiger partial charge on any atom is -0.397 e. The summed E-state index contributed by atoms with van der Waals surface area (Å²) in [5.74, 6) is -0.0719. The maximum absolute atomic E-state index is 12.1. The second-order valence-electron chi connectivity index (χ2n) is 5.08. The standard InChI is InChI=1S/C16H19N3O.ClH/c1-10-6-11(2)16(12(3)7-10)19-15(20)8-14-5-4-13(17)9-18-14;/h4-7,9H,8,17H2,1-3H3,(H,19,20);1H. The maximum atomic E-state index is 12.1. The molecule has 0 aliphatic rings. The van der Waals surface area contributed by atoms with Gasteiger partial charge in [0, 0.05) is 11.4 Å². The monoisotopic (exact) mass is 305 g/mol. The first kappa shape index (κ1) is 17.0. The average Bonchev–Trinajstić information content (AvgIpc) is 2.36. The smallest absolute Gasteiger partial charge is 0.230 e. The number of carbonyl (C=O) groups is 1. The minimum atomic E-state index is -0.0719. The van der Waals surface area contributed by atoms with E-state index in [0.717, 1.165) is 16.8 Å². The summed E-state index contributed by atoms with van der Waals surface area (Å²) in [6, 6.07) is 7.63. The molecular weight excluding hydrogens is 286 g/mol. The number of amides is 1. The molecular formula is C16H20ClN3O. The van der Waals surface area contributed by atoms with Gasteiger partial charge in [-0.2, -0.15) is 0 Å². The average molecular weight is 306 g/mol. The van der Waals surface area contributed by atoms with Gasteiger partial charge in [-0.25, -0.2) is 0 Å². The van der Waals surface area contributed by atoms with Crippen LogP contribution >= 0.6 is 12.4 Å². The quantitative estimate of drug-likeness (QED) is 0.915. The molecule has 21 heavy (non-hydrogen) atoms.